The Morgan fingerprint density at radius 2 is 2.21 bits per heavy atom. The molecule has 1 amide bonds. The van der Waals surface area contributed by atoms with E-state index in [1.54, 1.807) is 6.92 Å². The number of nitrogens with one attached hydrogen (secondary N) is 2. The van der Waals surface area contributed by atoms with Crippen molar-refractivity contribution >= 4 is 17.6 Å². The maximum absolute atomic E-state index is 13.5. The molecule has 0 saturated carbocycles. The van der Waals surface area contributed by atoms with Crippen LogP contribution in [-0.2, 0) is 4.79 Å². The molecule has 0 bridgehead atoms. The summed E-state index contributed by atoms with van der Waals surface area (Å²) in [4.78, 5) is 22.7. The Labute approximate surface area is 109 Å². The highest BCUT2D eigenvalue weighted by molar-refractivity contribution is 5.98. The smallest absolute Gasteiger partial charge is 0.338 e. The lowest BCUT2D eigenvalue weighted by molar-refractivity contribution is -0.121. The Balaban J connectivity index is 2.13. The number of anilines is 1. The quantitative estimate of drug-likeness (QED) is 0.776. The minimum Gasteiger partial charge on any atom is -0.478 e. The minimum absolute atomic E-state index is 0.243. The number of carbonyl (C=O) groups excluding carboxylic acids is 1. The second-order valence-corrected chi connectivity index (χ2v) is 4.82. The van der Waals surface area contributed by atoms with Crippen LogP contribution in [0.2, 0.25) is 0 Å². The molecule has 2 rings (SSSR count). The second-order valence-electron chi connectivity index (χ2n) is 4.82. The van der Waals surface area contributed by atoms with Crippen LogP contribution in [0.1, 0.15) is 30.1 Å². The summed E-state index contributed by atoms with van der Waals surface area (Å²) in [5.74, 6) is -2.44. The molecular formula is C13H15FN2O3. The molecule has 1 fully saturated rings. The van der Waals surface area contributed by atoms with Gasteiger partial charge >= 0.3 is 5.97 Å². The van der Waals surface area contributed by atoms with Gasteiger partial charge in [-0.3, -0.25) is 4.79 Å². The van der Waals surface area contributed by atoms with Crippen molar-refractivity contribution in [3.63, 3.8) is 0 Å². The maximum atomic E-state index is 13.5. The predicted molar refractivity (Wildman–Crippen MR) is 67.6 cm³/mol. The molecule has 0 aliphatic carbocycles. The van der Waals surface area contributed by atoms with E-state index in [1.165, 1.54) is 6.07 Å². The first kappa shape index (κ1) is 13.5. The van der Waals surface area contributed by atoms with Gasteiger partial charge < -0.3 is 15.7 Å². The fraction of sp³-hybridized carbons (Fsp3) is 0.385. The summed E-state index contributed by atoms with van der Waals surface area (Å²) in [6.45, 7) is 2.56. The maximum Gasteiger partial charge on any atom is 0.338 e. The third kappa shape index (κ3) is 2.73. The van der Waals surface area contributed by atoms with Crippen LogP contribution >= 0.6 is 0 Å². The van der Waals surface area contributed by atoms with Gasteiger partial charge in [0.2, 0.25) is 5.91 Å². The van der Waals surface area contributed by atoms with Crippen LogP contribution in [-0.4, -0.2) is 29.1 Å². The number of rotatable bonds is 3. The van der Waals surface area contributed by atoms with Crippen molar-refractivity contribution in [2.45, 2.75) is 25.3 Å². The molecule has 0 aromatic heterocycles. The summed E-state index contributed by atoms with van der Waals surface area (Å²) < 4.78 is 13.5. The van der Waals surface area contributed by atoms with Crippen LogP contribution in [0.3, 0.4) is 0 Å². The minimum atomic E-state index is -1.33. The zero-order chi connectivity index (χ0) is 14.0. The molecule has 6 heteroatoms. The van der Waals surface area contributed by atoms with Gasteiger partial charge in [0.25, 0.3) is 0 Å². The molecule has 1 aromatic rings. The average molecular weight is 266 g/mol. The highest BCUT2D eigenvalue weighted by Gasteiger charge is 2.35. The Bertz CT molecular complexity index is 525. The number of carboxylic acid groups (broad SMARTS) is 1. The van der Waals surface area contributed by atoms with E-state index in [-0.39, 0.29) is 11.6 Å². The highest BCUT2D eigenvalue weighted by Crippen LogP contribution is 2.22. The number of halogens is 1. The van der Waals surface area contributed by atoms with Crippen molar-refractivity contribution < 1.29 is 19.1 Å². The predicted octanol–water partition coefficient (Wildman–Crippen LogP) is 1.60. The summed E-state index contributed by atoms with van der Waals surface area (Å²) in [7, 11) is 0. The fourth-order valence-corrected chi connectivity index (χ4v) is 2.12. The van der Waals surface area contributed by atoms with E-state index in [1.807, 2.05) is 0 Å². The van der Waals surface area contributed by atoms with Gasteiger partial charge in [0.1, 0.15) is 5.82 Å². The Kier molecular flexibility index (Phi) is 3.53. The summed E-state index contributed by atoms with van der Waals surface area (Å²) in [6.07, 6.45) is 1.63. The number of aromatic carboxylic acids is 1. The van der Waals surface area contributed by atoms with Crippen molar-refractivity contribution in [1.82, 2.24) is 5.32 Å². The average Bonchev–Trinajstić information content (AvgIpc) is 2.77. The first-order valence-corrected chi connectivity index (χ1v) is 6.02. The van der Waals surface area contributed by atoms with Gasteiger partial charge in [-0.15, -0.1) is 0 Å². The normalized spacial score (nSPS) is 22.2. The van der Waals surface area contributed by atoms with E-state index in [2.05, 4.69) is 10.6 Å². The number of hydrogen-bond donors (Lipinski definition) is 3. The number of carbonyl (C=O) groups is 2. The zero-order valence-corrected chi connectivity index (χ0v) is 10.5. The van der Waals surface area contributed by atoms with E-state index in [4.69, 9.17) is 5.11 Å². The Hall–Kier alpha value is -1.95. The highest BCUT2D eigenvalue weighted by atomic mass is 19.1. The van der Waals surface area contributed by atoms with Gasteiger partial charge in [-0.25, -0.2) is 9.18 Å². The molecule has 0 spiro atoms. The van der Waals surface area contributed by atoms with E-state index in [0.29, 0.717) is 6.42 Å². The largest absolute Gasteiger partial charge is 0.478 e. The zero-order valence-electron chi connectivity index (χ0n) is 10.5. The summed E-state index contributed by atoms with van der Waals surface area (Å²) >= 11 is 0. The van der Waals surface area contributed by atoms with Gasteiger partial charge in [-0.05, 0) is 44.5 Å². The van der Waals surface area contributed by atoms with E-state index < -0.39 is 22.9 Å². The third-order valence-electron chi connectivity index (χ3n) is 3.33. The van der Waals surface area contributed by atoms with Crippen molar-refractivity contribution in [2.75, 3.05) is 11.9 Å². The molecule has 1 atom stereocenters. The lowest BCUT2D eigenvalue weighted by Crippen LogP contribution is -2.47. The lowest BCUT2D eigenvalue weighted by atomic mass is 9.99. The Morgan fingerprint density at radius 3 is 2.74 bits per heavy atom. The topological polar surface area (TPSA) is 78.4 Å². The van der Waals surface area contributed by atoms with Crippen LogP contribution in [0.4, 0.5) is 10.1 Å². The summed E-state index contributed by atoms with van der Waals surface area (Å²) in [5.41, 5.74) is -0.812. The third-order valence-corrected chi connectivity index (χ3v) is 3.33. The molecule has 5 nitrogen and oxygen atoms in total. The molecule has 1 aromatic carbocycles. The van der Waals surface area contributed by atoms with E-state index in [0.717, 1.165) is 25.1 Å². The standard InChI is InChI=1S/C13H15FN2O3/c1-13(5-2-6-15-13)12(19)16-8-3-4-9(11(17)18)10(14)7-8/h3-4,7,15H,2,5-6H2,1H3,(H,16,19)(H,17,18). The number of benzene rings is 1. The molecule has 1 aliphatic rings. The first-order valence-electron chi connectivity index (χ1n) is 6.02. The van der Waals surface area contributed by atoms with Crippen molar-refractivity contribution in [3.05, 3.63) is 29.6 Å². The summed E-state index contributed by atoms with van der Waals surface area (Å²) in [6, 6.07) is 3.53. The van der Waals surface area contributed by atoms with Crippen LogP contribution in [0, 0.1) is 5.82 Å². The molecule has 0 radical (unpaired) electrons. The fourth-order valence-electron chi connectivity index (χ4n) is 2.12. The molecule has 3 N–H and O–H groups in total. The van der Waals surface area contributed by atoms with Crippen LogP contribution < -0.4 is 10.6 Å². The van der Waals surface area contributed by atoms with Crippen molar-refractivity contribution in [1.29, 1.82) is 0 Å². The number of hydrogen-bond acceptors (Lipinski definition) is 3. The number of amides is 1. The molecule has 1 aliphatic heterocycles. The molecule has 1 heterocycles. The monoisotopic (exact) mass is 266 g/mol. The van der Waals surface area contributed by atoms with Gasteiger partial charge in [-0.2, -0.15) is 0 Å². The molecular weight excluding hydrogens is 251 g/mol. The molecule has 1 saturated heterocycles. The van der Waals surface area contributed by atoms with Gasteiger partial charge in [0.15, 0.2) is 0 Å². The van der Waals surface area contributed by atoms with Crippen LogP contribution in [0.25, 0.3) is 0 Å². The van der Waals surface area contributed by atoms with Gasteiger partial charge in [-0.1, -0.05) is 0 Å². The lowest BCUT2D eigenvalue weighted by Gasteiger charge is -2.23. The van der Waals surface area contributed by atoms with E-state index in [9.17, 15) is 14.0 Å². The van der Waals surface area contributed by atoms with Gasteiger partial charge in [0.05, 0.1) is 11.1 Å². The van der Waals surface area contributed by atoms with Crippen molar-refractivity contribution in [3.8, 4) is 0 Å². The molecule has 19 heavy (non-hydrogen) atoms. The second kappa shape index (κ2) is 4.97. The molecule has 1 unspecified atom stereocenters. The SMILES string of the molecule is CC1(C(=O)Nc2ccc(C(=O)O)c(F)c2)CCCN1. The summed E-state index contributed by atoms with van der Waals surface area (Å²) in [5, 5.41) is 14.4. The molecule has 102 valence electrons. The van der Waals surface area contributed by atoms with Crippen LogP contribution in [0.15, 0.2) is 18.2 Å². The van der Waals surface area contributed by atoms with Crippen LogP contribution in [0.5, 0.6) is 0 Å². The van der Waals surface area contributed by atoms with E-state index >= 15 is 0 Å². The Morgan fingerprint density at radius 1 is 1.47 bits per heavy atom. The van der Waals surface area contributed by atoms with Crippen molar-refractivity contribution in [2.24, 2.45) is 0 Å². The van der Waals surface area contributed by atoms with Gasteiger partial charge in [0, 0.05) is 5.69 Å². The number of carboxylic acids is 1. The first-order chi connectivity index (χ1) is 8.92.